The summed E-state index contributed by atoms with van der Waals surface area (Å²) < 4.78 is 0. The van der Waals surface area contributed by atoms with E-state index in [1.807, 2.05) is 31.3 Å². The van der Waals surface area contributed by atoms with Crippen LogP contribution in [0, 0.1) is 6.92 Å². The summed E-state index contributed by atoms with van der Waals surface area (Å²) in [5.74, 6) is 0.985. The van der Waals surface area contributed by atoms with Gasteiger partial charge in [-0.05, 0) is 32.0 Å². The summed E-state index contributed by atoms with van der Waals surface area (Å²) in [6, 6.07) is 8.07. The third-order valence-electron chi connectivity index (χ3n) is 4.14. The molecule has 0 saturated carbocycles. The fourth-order valence-electron chi connectivity index (χ4n) is 2.91. The van der Waals surface area contributed by atoms with E-state index < -0.39 is 0 Å². The van der Waals surface area contributed by atoms with Crippen LogP contribution in [0.4, 0.5) is 5.69 Å². The Morgan fingerprint density at radius 2 is 2.08 bits per heavy atom. The van der Waals surface area contributed by atoms with Crippen LogP contribution in [-0.4, -0.2) is 48.6 Å². The predicted molar refractivity (Wildman–Crippen MR) is 122 cm³/mol. The largest absolute Gasteiger partial charge is 0.368 e. The molecule has 1 aromatic carbocycles. The van der Waals surface area contributed by atoms with Crippen molar-refractivity contribution in [3.63, 3.8) is 0 Å². The van der Waals surface area contributed by atoms with Crippen LogP contribution in [0.3, 0.4) is 0 Å². The lowest BCUT2D eigenvalue weighted by atomic mass is 10.2. The van der Waals surface area contributed by atoms with Gasteiger partial charge in [0.2, 0.25) is 0 Å². The number of halogens is 2. The van der Waals surface area contributed by atoms with E-state index in [2.05, 4.69) is 33.1 Å². The Balaban J connectivity index is 0.00000243. The Kier molecular flexibility index (Phi) is 8.43. The molecule has 1 aromatic heterocycles. The maximum Gasteiger partial charge on any atom is 0.194 e. The van der Waals surface area contributed by atoms with Crippen molar-refractivity contribution in [3.8, 4) is 0 Å². The standard InChI is InChI=1S/C18H24ClN5S.HI/c1-3-20-18(22-13-17-12-21-14(2)25-17)24-9-7-23(8-10-24)16-6-4-5-15(19)11-16;/h4-6,11-12H,3,7-10,13H2,1-2H3,(H,20,22);1H. The van der Waals surface area contributed by atoms with Crippen LogP contribution in [0.15, 0.2) is 35.5 Å². The second kappa shape index (κ2) is 10.3. The van der Waals surface area contributed by atoms with Gasteiger partial charge >= 0.3 is 0 Å². The van der Waals surface area contributed by atoms with E-state index in [0.717, 1.165) is 48.7 Å². The second-order valence-electron chi connectivity index (χ2n) is 5.97. The van der Waals surface area contributed by atoms with Crippen molar-refractivity contribution in [2.24, 2.45) is 4.99 Å². The summed E-state index contributed by atoms with van der Waals surface area (Å²) in [7, 11) is 0. The molecule has 3 rings (SSSR count). The smallest absolute Gasteiger partial charge is 0.194 e. The summed E-state index contributed by atoms with van der Waals surface area (Å²) in [5.41, 5.74) is 1.19. The number of rotatable bonds is 4. The fourth-order valence-corrected chi connectivity index (χ4v) is 3.81. The molecule has 1 saturated heterocycles. The summed E-state index contributed by atoms with van der Waals surface area (Å²) in [4.78, 5) is 15.0. The lowest BCUT2D eigenvalue weighted by Crippen LogP contribution is -2.52. The zero-order chi connectivity index (χ0) is 17.6. The van der Waals surface area contributed by atoms with Gasteiger partial charge < -0.3 is 15.1 Å². The van der Waals surface area contributed by atoms with E-state index >= 15 is 0 Å². The predicted octanol–water partition coefficient (Wildman–Crippen LogP) is 4.01. The van der Waals surface area contributed by atoms with Gasteiger partial charge in [-0.15, -0.1) is 35.3 Å². The maximum absolute atomic E-state index is 6.12. The van der Waals surface area contributed by atoms with E-state index in [0.29, 0.717) is 6.54 Å². The van der Waals surface area contributed by atoms with E-state index in [-0.39, 0.29) is 24.0 Å². The van der Waals surface area contributed by atoms with Crippen LogP contribution in [0.1, 0.15) is 16.8 Å². The minimum Gasteiger partial charge on any atom is -0.368 e. The molecule has 8 heteroatoms. The van der Waals surface area contributed by atoms with E-state index in [1.54, 1.807) is 11.3 Å². The quantitative estimate of drug-likeness (QED) is 0.387. The fraction of sp³-hybridized carbons (Fsp3) is 0.444. The molecule has 142 valence electrons. The lowest BCUT2D eigenvalue weighted by molar-refractivity contribution is 0.372. The highest BCUT2D eigenvalue weighted by atomic mass is 127. The molecule has 0 aliphatic carbocycles. The average Bonchev–Trinajstić information content (AvgIpc) is 3.04. The molecule has 2 aromatic rings. The van der Waals surface area contributed by atoms with E-state index in [4.69, 9.17) is 16.6 Å². The number of aromatic nitrogens is 1. The monoisotopic (exact) mass is 505 g/mol. The van der Waals surface area contributed by atoms with Gasteiger partial charge in [-0.2, -0.15) is 0 Å². The summed E-state index contributed by atoms with van der Waals surface area (Å²) in [5, 5.41) is 5.29. The molecule has 1 aliphatic rings. The Labute approximate surface area is 181 Å². The Hall–Kier alpha value is -1.06. The van der Waals surface area contributed by atoms with Crippen molar-refractivity contribution >= 4 is 58.6 Å². The van der Waals surface area contributed by atoms with Crippen LogP contribution in [-0.2, 0) is 6.54 Å². The van der Waals surface area contributed by atoms with Gasteiger partial charge in [-0.1, -0.05) is 17.7 Å². The number of nitrogens with one attached hydrogen (secondary N) is 1. The molecular weight excluding hydrogens is 481 g/mol. The molecule has 2 heterocycles. The molecule has 1 aliphatic heterocycles. The van der Waals surface area contributed by atoms with Crippen molar-refractivity contribution in [1.29, 1.82) is 0 Å². The molecule has 1 fully saturated rings. The van der Waals surface area contributed by atoms with Gasteiger partial charge in [-0.3, -0.25) is 0 Å². The highest BCUT2D eigenvalue weighted by Crippen LogP contribution is 2.21. The second-order valence-corrected chi connectivity index (χ2v) is 7.73. The van der Waals surface area contributed by atoms with Gasteiger partial charge in [0.1, 0.15) is 0 Å². The number of benzene rings is 1. The first-order valence-electron chi connectivity index (χ1n) is 8.61. The molecule has 0 amide bonds. The zero-order valence-electron chi connectivity index (χ0n) is 15.1. The van der Waals surface area contributed by atoms with Crippen LogP contribution >= 0.6 is 46.9 Å². The number of anilines is 1. The minimum absolute atomic E-state index is 0. The maximum atomic E-state index is 6.12. The van der Waals surface area contributed by atoms with Crippen LogP contribution < -0.4 is 10.2 Å². The minimum atomic E-state index is 0. The number of piperazine rings is 1. The molecule has 0 radical (unpaired) electrons. The zero-order valence-corrected chi connectivity index (χ0v) is 19.0. The molecule has 5 nitrogen and oxygen atoms in total. The van der Waals surface area contributed by atoms with Gasteiger partial charge in [0.15, 0.2) is 5.96 Å². The molecule has 26 heavy (non-hydrogen) atoms. The summed E-state index contributed by atoms with van der Waals surface area (Å²) in [6.45, 7) is 9.50. The van der Waals surface area contributed by atoms with Crippen molar-refractivity contribution in [3.05, 3.63) is 45.4 Å². The van der Waals surface area contributed by atoms with Gasteiger partial charge in [-0.25, -0.2) is 9.98 Å². The first kappa shape index (κ1) is 21.2. The highest BCUT2D eigenvalue weighted by Gasteiger charge is 2.20. The van der Waals surface area contributed by atoms with Crippen molar-refractivity contribution in [1.82, 2.24) is 15.2 Å². The molecule has 0 unspecified atom stereocenters. The number of nitrogens with zero attached hydrogens (tertiary/aromatic N) is 4. The van der Waals surface area contributed by atoms with Crippen molar-refractivity contribution in [2.45, 2.75) is 20.4 Å². The molecule has 0 spiro atoms. The lowest BCUT2D eigenvalue weighted by Gasteiger charge is -2.37. The Morgan fingerprint density at radius 3 is 2.69 bits per heavy atom. The van der Waals surface area contributed by atoms with Crippen LogP contribution in [0.5, 0.6) is 0 Å². The highest BCUT2D eigenvalue weighted by molar-refractivity contribution is 14.0. The number of hydrogen-bond acceptors (Lipinski definition) is 4. The Morgan fingerprint density at radius 1 is 1.31 bits per heavy atom. The number of thiazole rings is 1. The first-order valence-corrected chi connectivity index (χ1v) is 9.80. The number of hydrogen-bond donors (Lipinski definition) is 1. The topological polar surface area (TPSA) is 43.8 Å². The van der Waals surface area contributed by atoms with Gasteiger partial charge in [0.05, 0.1) is 11.6 Å². The van der Waals surface area contributed by atoms with Crippen molar-refractivity contribution in [2.75, 3.05) is 37.6 Å². The third kappa shape index (κ3) is 5.72. The number of aliphatic imine (C=N–C) groups is 1. The third-order valence-corrected chi connectivity index (χ3v) is 5.27. The number of aryl methyl sites for hydroxylation is 1. The van der Waals surface area contributed by atoms with E-state index in [1.165, 1.54) is 10.6 Å². The van der Waals surface area contributed by atoms with Gasteiger partial charge in [0.25, 0.3) is 0 Å². The Bertz CT molecular complexity index is 728. The molecular formula is C18H25ClIN5S. The first-order chi connectivity index (χ1) is 12.2. The van der Waals surface area contributed by atoms with Crippen LogP contribution in [0.25, 0.3) is 0 Å². The summed E-state index contributed by atoms with van der Waals surface area (Å²) >= 11 is 7.82. The summed E-state index contributed by atoms with van der Waals surface area (Å²) in [6.07, 6.45) is 1.92. The molecule has 0 atom stereocenters. The molecule has 0 bridgehead atoms. The van der Waals surface area contributed by atoms with Crippen molar-refractivity contribution < 1.29 is 0 Å². The van der Waals surface area contributed by atoms with Crippen LogP contribution in [0.2, 0.25) is 5.02 Å². The normalized spacial score (nSPS) is 15.0. The molecule has 1 N–H and O–H groups in total. The van der Waals surface area contributed by atoms with Gasteiger partial charge in [0, 0.05) is 54.5 Å². The number of guanidine groups is 1. The SMILES string of the molecule is CCNC(=NCc1cnc(C)s1)N1CCN(c2cccc(Cl)c2)CC1.I. The average molecular weight is 506 g/mol. The van der Waals surface area contributed by atoms with E-state index in [9.17, 15) is 0 Å².